The number of carbonyl (C=O) groups is 6. The number of benzene rings is 1. The fraction of sp³-hybridized carbons (Fsp3) is 0.613. The van der Waals surface area contributed by atoms with Crippen LogP contribution in [0.1, 0.15) is 66.4 Å². The second-order valence-electron chi connectivity index (χ2n) is 12.5. The van der Waals surface area contributed by atoms with Crippen LogP contribution >= 0.6 is 0 Å². The van der Waals surface area contributed by atoms with Gasteiger partial charge < -0.3 is 35.0 Å². The van der Waals surface area contributed by atoms with E-state index in [0.717, 1.165) is 10.5 Å². The highest BCUT2D eigenvalue weighted by molar-refractivity contribution is 6.05. The van der Waals surface area contributed by atoms with Gasteiger partial charge in [0.25, 0.3) is 0 Å². The van der Waals surface area contributed by atoms with Gasteiger partial charge >= 0.3 is 18.0 Å². The molecule has 44 heavy (non-hydrogen) atoms. The molecule has 1 aromatic rings. The highest BCUT2D eigenvalue weighted by Gasteiger charge is 2.62. The van der Waals surface area contributed by atoms with Crippen LogP contribution in [0, 0.1) is 5.92 Å². The Bertz CT molecular complexity index is 1230. The number of carboxylic acid groups (broad SMARTS) is 1. The Morgan fingerprint density at radius 3 is 2.20 bits per heavy atom. The highest BCUT2D eigenvalue weighted by Crippen LogP contribution is 2.32. The van der Waals surface area contributed by atoms with Crippen LogP contribution in [0.3, 0.4) is 0 Å². The summed E-state index contributed by atoms with van der Waals surface area (Å²) >= 11 is 0. The zero-order chi connectivity index (χ0) is 32.8. The van der Waals surface area contributed by atoms with Crippen molar-refractivity contribution in [3.05, 3.63) is 35.9 Å². The molecule has 2 saturated heterocycles. The third-order valence-corrected chi connectivity index (χ3v) is 7.27. The molecule has 0 aromatic heterocycles. The molecule has 3 rings (SSSR count). The largest absolute Gasteiger partial charge is 0.480 e. The van der Waals surface area contributed by atoms with Crippen LogP contribution in [0.5, 0.6) is 0 Å². The summed E-state index contributed by atoms with van der Waals surface area (Å²) < 4.78 is 10.5. The van der Waals surface area contributed by atoms with E-state index < -0.39 is 71.6 Å². The Balaban J connectivity index is 1.87. The van der Waals surface area contributed by atoms with E-state index in [2.05, 4.69) is 10.6 Å². The van der Waals surface area contributed by atoms with Crippen molar-refractivity contribution in [2.24, 2.45) is 5.92 Å². The van der Waals surface area contributed by atoms with E-state index in [4.69, 9.17) is 9.47 Å². The van der Waals surface area contributed by atoms with E-state index in [9.17, 15) is 33.9 Å². The molecule has 3 N–H and O–H groups in total. The first-order valence-corrected chi connectivity index (χ1v) is 15.0. The molecule has 0 saturated carbocycles. The van der Waals surface area contributed by atoms with E-state index in [1.54, 1.807) is 58.0 Å². The number of amides is 4. The van der Waals surface area contributed by atoms with E-state index >= 15 is 0 Å². The summed E-state index contributed by atoms with van der Waals surface area (Å²) in [6.45, 7) is 10.6. The molecular weight excluding hydrogens is 572 g/mol. The summed E-state index contributed by atoms with van der Waals surface area (Å²) in [4.78, 5) is 80.7. The molecule has 0 bridgehead atoms. The SMILES string of the molecule is CCOC(=O)[C@@H]1[C@@H](C(=O)N[C@@H](CC(C)C)C(=O)N2CCCC2C(=O)O)N1C(=O)[C@H](Cc1ccccc1)NC(=O)OC(C)(C)C. The third-order valence-electron chi connectivity index (χ3n) is 7.27. The van der Waals surface area contributed by atoms with Crippen LogP contribution in [-0.2, 0) is 39.9 Å². The number of hydrogen-bond acceptors (Lipinski definition) is 8. The number of ether oxygens (including phenoxy) is 2. The number of nitrogens with zero attached hydrogens (tertiary/aromatic N) is 2. The van der Waals surface area contributed by atoms with Gasteiger partial charge in [0.1, 0.15) is 29.8 Å². The lowest BCUT2D eigenvalue weighted by atomic mass is 10.0. The monoisotopic (exact) mass is 616 g/mol. The second kappa shape index (κ2) is 14.5. The van der Waals surface area contributed by atoms with E-state index in [0.29, 0.717) is 12.8 Å². The lowest BCUT2D eigenvalue weighted by Gasteiger charge is -2.28. The molecular formula is C31H44N4O9. The first-order valence-electron chi connectivity index (χ1n) is 15.0. The molecule has 0 spiro atoms. The maximum atomic E-state index is 13.9. The summed E-state index contributed by atoms with van der Waals surface area (Å²) in [6, 6.07) is 3.11. The summed E-state index contributed by atoms with van der Waals surface area (Å²) in [7, 11) is 0. The van der Waals surface area contributed by atoms with Crippen molar-refractivity contribution in [3.63, 3.8) is 0 Å². The average Bonchev–Trinajstić information content (AvgIpc) is 3.48. The lowest BCUT2D eigenvalue weighted by Crippen LogP contribution is -2.53. The number of nitrogens with one attached hydrogen (secondary N) is 2. The first kappa shape index (κ1) is 34.3. The van der Waals surface area contributed by atoms with Gasteiger partial charge in [-0.05, 0) is 58.4 Å². The Kier molecular flexibility index (Phi) is 11.3. The van der Waals surface area contributed by atoms with Crippen LogP contribution in [0.4, 0.5) is 4.79 Å². The molecule has 1 aromatic carbocycles. The Hall–Kier alpha value is -4.16. The zero-order valence-corrected chi connectivity index (χ0v) is 26.2. The van der Waals surface area contributed by atoms with Crippen molar-refractivity contribution in [1.82, 2.24) is 20.4 Å². The Labute approximate surface area is 257 Å². The van der Waals surface area contributed by atoms with Gasteiger partial charge in [0, 0.05) is 13.0 Å². The number of hydrogen-bond donors (Lipinski definition) is 3. The minimum atomic E-state index is -1.29. The van der Waals surface area contributed by atoms with Crippen molar-refractivity contribution in [3.8, 4) is 0 Å². The number of likely N-dealkylation sites (tertiary alicyclic amines) is 1. The van der Waals surface area contributed by atoms with E-state index in [1.165, 1.54) is 4.90 Å². The Morgan fingerprint density at radius 2 is 1.64 bits per heavy atom. The van der Waals surface area contributed by atoms with Gasteiger partial charge in [-0.25, -0.2) is 14.4 Å². The molecule has 1 unspecified atom stereocenters. The molecule has 13 nitrogen and oxygen atoms in total. The summed E-state index contributed by atoms with van der Waals surface area (Å²) in [5, 5.41) is 14.8. The molecule has 2 fully saturated rings. The van der Waals surface area contributed by atoms with Crippen LogP contribution in [-0.4, -0.2) is 99.6 Å². The zero-order valence-electron chi connectivity index (χ0n) is 26.2. The maximum Gasteiger partial charge on any atom is 0.408 e. The molecule has 0 radical (unpaired) electrons. The lowest BCUT2D eigenvalue weighted by molar-refractivity contribution is -0.149. The predicted octanol–water partition coefficient (Wildman–Crippen LogP) is 1.87. The van der Waals surface area contributed by atoms with Gasteiger partial charge in [-0.1, -0.05) is 44.2 Å². The van der Waals surface area contributed by atoms with Crippen molar-refractivity contribution >= 4 is 35.8 Å². The van der Waals surface area contributed by atoms with Gasteiger partial charge in [-0.3, -0.25) is 14.4 Å². The Morgan fingerprint density at radius 1 is 0.977 bits per heavy atom. The predicted molar refractivity (Wildman–Crippen MR) is 158 cm³/mol. The van der Waals surface area contributed by atoms with Crippen LogP contribution < -0.4 is 10.6 Å². The van der Waals surface area contributed by atoms with Gasteiger partial charge in [-0.2, -0.15) is 0 Å². The summed E-state index contributed by atoms with van der Waals surface area (Å²) in [5.41, 5.74) is -0.119. The minimum Gasteiger partial charge on any atom is -0.480 e. The number of esters is 1. The smallest absolute Gasteiger partial charge is 0.408 e. The molecule has 5 atom stereocenters. The fourth-order valence-corrected chi connectivity index (χ4v) is 5.36. The first-order chi connectivity index (χ1) is 20.6. The minimum absolute atomic E-state index is 0.00923. The van der Waals surface area contributed by atoms with Gasteiger partial charge in [-0.15, -0.1) is 0 Å². The number of rotatable bonds is 12. The normalized spacial score (nSPS) is 20.8. The summed E-state index contributed by atoms with van der Waals surface area (Å²) in [5.74, 6) is -3.94. The highest BCUT2D eigenvalue weighted by atomic mass is 16.6. The number of aliphatic carboxylic acids is 1. The third kappa shape index (κ3) is 8.93. The average molecular weight is 617 g/mol. The standard InChI is InChI=1S/C31H44N4O9/c1-7-43-29(41)24-23(25(36)32-20(16-18(2)3)26(37)34-15-11-14-22(34)28(39)40)35(24)27(38)21(17-19-12-9-8-10-13-19)33-30(42)44-31(4,5)6/h8-10,12-13,18,20-24H,7,11,14-17H2,1-6H3,(H,32,36)(H,33,42)(H,39,40)/t20-,21-,22?,23-,24-,35?/m0/s1. The van der Waals surface area contributed by atoms with Crippen LogP contribution in [0.15, 0.2) is 30.3 Å². The van der Waals surface area contributed by atoms with Crippen LogP contribution in [0.25, 0.3) is 0 Å². The number of alkyl carbamates (subject to hydrolysis) is 1. The molecule has 2 aliphatic heterocycles. The topological polar surface area (TPSA) is 171 Å². The van der Waals surface area contributed by atoms with Gasteiger partial charge in [0.05, 0.1) is 6.61 Å². The van der Waals surface area contributed by atoms with Gasteiger partial charge in [0.15, 0.2) is 6.04 Å². The van der Waals surface area contributed by atoms with E-state index in [1.807, 2.05) is 13.8 Å². The second-order valence-corrected chi connectivity index (χ2v) is 12.5. The van der Waals surface area contributed by atoms with Crippen LogP contribution in [0.2, 0.25) is 0 Å². The molecule has 13 heteroatoms. The van der Waals surface area contributed by atoms with Gasteiger partial charge in [0.2, 0.25) is 17.7 Å². The quantitative estimate of drug-likeness (QED) is 0.234. The number of carboxylic acids is 1. The van der Waals surface area contributed by atoms with E-state index in [-0.39, 0.29) is 31.9 Å². The number of carbonyl (C=O) groups excluding carboxylic acids is 5. The molecule has 0 aliphatic carbocycles. The van der Waals surface area contributed by atoms with Crippen molar-refractivity contribution in [2.45, 2.75) is 103 Å². The molecule has 2 aliphatic rings. The maximum absolute atomic E-state index is 13.9. The fourth-order valence-electron chi connectivity index (χ4n) is 5.36. The van der Waals surface area contributed by atoms with Crippen molar-refractivity contribution < 1.29 is 43.3 Å². The summed E-state index contributed by atoms with van der Waals surface area (Å²) in [6.07, 6.45) is 0.263. The van der Waals surface area contributed by atoms with Crippen molar-refractivity contribution in [2.75, 3.05) is 13.2 Å². The molecule has 242 valence electrons. The van der Waals surface area contributed by atoms with Crippen molar-refractivity contribution in [1.29, 1.82) is 0 Å². The molecule has 2 heterocycles. The molecule has 4 amide bonds.